The smallest absolute Gasteiger partial charge is 0.339 e. The van der Waals surface area contributed by atoms with E-state index in [0.717, 1.165) is 19.3 Å². The van der Waals surface area contributed by atoms with Gasteiger partial charge in [-0.15, -0.1) is 0 Å². The van der Waals surface area contributed by atoms with Crippen molar-refractivity contribution in [1.29, 1.82) is 0 Å². The van der Waals surface area contributed by atoms with Gasteiger partial charge in [-0.05, 0) is 55.7 Å². The van der Waals surface area contributed by atoms with Crippen LogP contribution in [0.3, 0.4) is 0 Å². The van der Waals surface area contributed by atoms with Crippen molar-refractivity contribution in [2.45, 2.75) is 31.8 Å². The minimum Gasteiger partial charge on any atom is -0.507 e. The van der Waals surface area contributed by atoms with E-state index in [4.69, 9.17) is 21.7 Å². The molecule has 4 rings (SSSR count). The van der Waals surface area contributed by atoms with Crippen molar-refractivity contribution in [3.05, 3.63) is 88.7 Å². The van der Waals surface area contributed by atoms with Crippen LogP contribution >= 0.6 is 0 Å². The van der Waals surface area contributed by atoms with Gasteiger partial charge in [-0.25, -0.2) is 14.6 Å². The lowest BCUT2D eigenvalue weighted by Crippen LogP contribution is -2.35. The number of likely N-dealkylation sites (tertiary alicyclic amines) is 1. The van der Waals surface area contributed by atoms with Gasteiger partial charge in [0.25, 0.3) is 5.91 Å². The van der Waals surface area contributed by atoms with E-state index in [0.29, 0.717) is 30.0 Å². The van der Waals surface area contributed by atoms with Crippen LogP contribution in [0.4, 0.5) is 5.69 Å². The molecule has 1 aliphatic heterocycles. The molecule has 1 saturated heterocycles. The fourth-order valence-electron chi connectivity index (χ4n) is 4.52. The lowest BCUT2D eigenvalue weighted by molar-refractivity contribution is -0.133. The van der Waals surface area contributed by atoms with Crippen LogP contribution in [0.15, 0.2) is 66.2 Å². The molecule has 1 amide bonds. The summed E-state index contributed by atoms with van der Waals surface area (Å²) in [7, 11) is 0. The number of hydrogen-bond acceptors (Lipinski definition) is 10. The molecule has 10 N–H and O–H groups in total. The molecule has 13 heteroatoms. The van der Waals surface area contributed by atoms with Gasteiger partial charge in [-0.3, -0.25) is 4.79 Å². The number of amides is 1. The molecular formula is C29H32N6O7. The van der Waals surface area contributed by atoms with Crippen molar-refractivity contribution in [2.24, 2.45) is 11.5 Å². The number of nitrogens with two attached hydrogens (primary N) is 2. The Hall–Kier alpha value is -5.30. The number of phenols is 1. The predicted molar refractivity (Wildman–Crippen MR) is 155 cm³/mol. The van der Waals surface area contributed by atoms with Crippen molar-refractivity contribution in [3.8, 4) is 5.75 Å². The average molecular weight is 577 g/mol. The number of aliphatic carboxylic acids is 1. The van der Waals surface area contributed by atoms with Crippen molar-refractivity contribution >= 4 is 34.9 Å². The molecule has 1 aliphatic carbocycles. The number of carbonyl (C=O) groups is 3. The van der Waals surface area contributed by atoms with Crippen molar-refractivity contribution in [3.63, 3.8) is 0 Å². The number of nitrogens with one attached hydrogen (secondary N) is 2. The lowest BCUT2D eigenvalue weighted by atomic mass is 9.99. The summed E-state index contributed by atoms with van der Waals surface area (Å²) >= 11 is 0. The predicted octanol–water partition coefficient (Wildman–Crippen LogP) is 1.99. The van der Waals surface area contributed by atoms with E-state index in [-0.39, 0.29) is 46.2 Å². The SMILES string of the molecule is N/C(=C\NC1=CC=C(C(=O)O)C(O)C1)c1cc(C(=O)N2CCCCC2)cc(/C(N)=C/Nc2ccc(C(=O)O)c(O)c2)n1. The molecule has 1 atom stereocenters. The standard InChI is InChI=1S/C29H32N6O7/c30-21(14-32-17-4-6-19(28(39)40)25(36)12-17)23-10-16(27(38)35-8-2-1-3-9-35)11-24(34-23)22(31)15-33-18-5-7-20(29(41)42)26(37)13-18/h4-7,10-12,14-15,26,32-33,36-37H,1-3,8-9,13,30-31H2,(H,39,40)(H,41,42)/b21-14-,22-15-. The van der Waals surface area contributed by atoms with Gasteiger partial charge < -0.3 is 47.4 Å². The Morgan fingerprint density at radius 2 is 1.55 bits per heavy atom. The number of hydrogen-bond donors (Lipinski definition) is 8. The number of anilines is 1. The van der Waals surface area contributed by atoms with E-state index < -0.39 is 23.8 Å². The number of aromatic nitrogens is 1. The highest BCUT2D eigenvalue weighted by atomic mass is 16.4. The minimum absolute atomic E-state index is 0.0401. The van der Waals surface area contributed by atoms with Crippen LogP contribution in [0, 0.1) is 0 Å². The van der Waals surface area contributed by atoms with Crippen molar-refractivity contribution < 1.29 is 34.8 Å². The van der Waals surface area contributed by atoms with E-state index in [2.05, 4.69) is 15.6 Å². The molecule has 0 spiro atoms. The van der Waals surface area contributed by atoms with E-state index >= 15 is 0 Å². The summed E-state index contributed by atoms with van der Waals surface area (Å²) in [5.41, 5.74) is 14.3. The van der Waals surface area contributed by atoms with Crippen LogP contribution in [0.2, 0.25) is 0 Å². The number of pyridine rings is 1. The van der Waals surface area contributed by atoms with E-state index in [1.807, 2.05) is 0 Å². The number of aliphatic hydroxyl groups excluding tert-OH is 1. The third kappa shape index (κ3) is 7.06. The van der Waals surface area contributed by atoms with Crippen LogP contribution in [0.25, 0.3) is 11.4 Å². The van der Waals surface area contributed by atoms with Gasteiger partial charge in [0.05, 0.1) is 34.5 Å². The highest BCUT2D eigenvalue weighted by Gasteiger charge is 2.23. The summed E-state index contributed by atoms with van der Waals surface area (Å²) in [6.07, 6.45) is 7.39. The number of carboxylic acids is 2. The Labute approximate surface area is 241 Å². The zero-order chi connectivity index (χ0) is 30.4. The summed E-state index contributed by atoms with van der Waals surface area (Å²) in [4.78, 5) is 42.0. The van der Waals surface area contributed by atoms with Crippen LogP contribution in [-0.4, -0.2) is 67.3 Å². The number of aliphatic hydroxyl groups is 1. The molecule has 0 bridgehead atoms. The van der Waals surface area contributed by atoms with Gasteiger partial charge in [0.1, 0.15) is 11.3 Å². The monoisotopic (exact) mass is 576 g/mol. The number of benzene rings is 1. The summed E-state index contributed by atoms with van der Waals surface area (Å²) in [6, 6.07) is 7.05. The second kappa shape index (κ2) is 12.9. The molecule has 2 aromatic rings. The van der Waals surface area contributed by atoms with Crippen molar-refractivity contribution in [2.75, 3.05) is 18.4 Å². The maximum absolute atomic E-state index is 13.4. The van der Waals surface area contributed by atoms with E-state index in [1.54, 1.807) is 17.0 Å². The Morgan fingerprint density at radius 1 is 0.905 bits per heavy atom. The quantitative estimate of drug-likeness (QED) is 0.214. The number of nitrogens with zero attached hydrogens (tertiary/aromatic N) is 2. The maximum Gasteiger partial charge on any atom is 0.339 e. The normalized spacial score (nSPS) is 17.6. The zero-order valence-electron chi connectivity index (χ0n) is 22.6. The highest BCUT2D eigenvalue weighted by Crippen LogP contribution is 2.24. The third-order valence-electron chi connectivity index (χ3n) is 6.83. The Bertz CT molecular complexity index is 1520. The number of rotatable bonds is 9. The second-order valence-electron chi connectivity index (χ2n) is 9.84. The molecule has 1 aromatic heterocycles. The van der Waals surface area contributed by atoms with Gasteiger partial charge in [0, 0.05) is 54.9 Å². The second-order valence-corrected chi connectivity index (χ2v) is 9.84. The Balaban J connectivity index is 1.62. The van der Waals surface area contributed by atoms with Gasteiger partial charge >= 0.3 is 11.9 Å². The van der Waals surface area contributed by atoms with Gasteiger partial charge in [-0.2, -0.15) is 0 Å². The van der Waals surface area contributed by atoms with E-state index in [1.165, 1.54) is 42.8 Å². The summed E-state index contributed by atoms with van der Waals surface area (Å²) < 4.78 is 0. The largest absolute Gasteiger partial charge is 0.507 e. The summed E-state index contributed by atoms with van der Waals surface area (Å²) in [5.74, 6) is -3.08. The third-order valence-corrected chi connectivity index (χ3v) is 6.83. The Morgan fingerprint density at radius 3 is 2.12 bits per heavy atom. The Kier molecular flexibility index (Phi) is 9.12. The van der Waals surface area contributed by atoms with Gasteiger partial charge in [0.15, 0.2) is 0 Å². The average Bonchev–Trinajstić information content (AvgIpc) is 2.98. The molecule has 2 heterocycles. The number of aromatic carboxylic acids is 1. The molecule has 13 nitrogen and oxygen atoms in total. The van der Waals surface area contributed by atoms with Gasteiger partial charge in [0.2, 0.25) is 0 Å². The lowest BCUT2D eigenvalue weighted by Gasteiger charge is -2.27. The summed E-state index contributed by atoms with van der Waals surface area (Å²) in [5, 5.41) is 44.1. The molecule has 0 saturated carbocycles. The molecular weight excluding hydrogens is 544 g/mol. The number of carboxylic acid groups (broad SMARTS) is 2. The number of piperidine rings is 1. The molecule has 1 fully saturated rings. The first kappa shape index (κ1) is 29.7. The zero-order valence-corrected chi connectivity index (χ0v) is 22.6. The summed E-state index contributed by atoms with van der Waals surface area (Å²) in [6.45, 7) is 1.26. The van der Waals surface area contributed by atoms with Crippen LogP contribution in [0.1, 0.15) is 57.8 Å². The first-order chi connectivity index (χ1) is 20.0. The molecule has 2 aliphatic rings. The van der Waals surface area contributed by atoms with Crippen LogP contribution < -0.4 is 22.1 Å². The van der Waals surface area contributed by atoms with Crippen LogP contribution in [0.5, 0.6) is 5.75 Å². The maximum atomic E-state index is 13.4. The fourth-order valence-corrected chi connectivity index (χ4v) is 4.52. The first-order valence-corrected chi connectivity index (χ1v) is 13.2. The molecule has 1 aromatic carbocycles. The van der Waals surface area contributed by atoms with Crippen LogP contribution in [-0.2, 0) is 4.79 Å². The topological polar surface area (TPSA) is 224 Å². The molecule has 0 radical (unpaired) electrons. The highest BCUT2D eigenvalue weighted by molar-refractivity contribution is 5.96. The van der Waals surface area contributed by atoms with Gasteiger partial charge in [-0.1, -0.05) is 0 Å². The minimum atomic E-state index is -1.27. The van der Waals surface area contributed by atoms with Crippen molar-refractivity contribution in [1.82, 2.24) is 15.2 Å². The molecule has 220 valence electrons. The number of aromatic hydroxyl groups is 1. The number of allylic oxidation sites excluding steroid dienone is 2. The fraction of sp³-hybridized carbons (Fsp3) is 0.241. The molecule has 42 heavy (non-hydrogen) atoms. The first-order valence-electron chi connectivity index (χ1n) is 13.2. The number of carbonyl (C=O) groups excluding carboxylic acids is 1. The molecule has 1 unspecified atom stereocenters. The van der Waals surface area contributed by atoms with E-state index in [9.17, 15) is 24.6 Å².